The number of nitrogens with zero attached hydrogens (tertiary/aromatic N) is 1. The molecule has 0 fully saturated rings. The Balaban J connectivity index is 2.67. The third kappa shape index (κ3) is 5.74. The number of amides is 1. The Morgan fingerprint density at radius 3 is 2.00 bits per heavy atom. The SMILES string of the molecule is CC(C)CN(CC(C)C)C(=O)[C@@H](N)Cc1ccccc1. The van der Waals surface area contributed by atoms with Gasteiger partial charge in [-0.05, 0) is 23.8 Å². The van der Waals surface area contributed by atoms with Crippen LogP contribution >= 0.6 is 0 Å². The summed E-state index contributed by atoms with van der Waals surface area (Å²) in [4.78, 5) is 14.4. The number of nitrogens with two attached hydrogens (primary N) is 1. The summed E-state index contributed by atoms with van der Waals surface area (Å²) in [5, 5.41) is 0. The molecular weight excluding hydrogens is 248 g/mol. The van der Waals surface area contributed by atoms with Crippen LogP contribution in [0.5, 0.6) is 0 Å². The lowest BCUT2D eigenvalue weighted by Gasteiger charge is -2.29. The van der Waals surface area contributed by atoms with E-state index in [0.29, 0.717) is 18.3 Å². The first-order valence-corrected chi connectivity index (χ1v) is 7.48. The summed E-state index contributed by atoms with van der Waals surface area (Å²) in [6.07, 6.45) is 0.604. The van der Waals surface area contributed by atoms with Gasteiger partial charge in [0.15, 0.2) is 0 Å². The van der Waals surface area contributed by atoms with E-state index in [1.807, 2.05) is 35.2 Å². The van der Waals surface area contributed by atoms with Gasteiger partial charge in [0.1, 0.15) is 0 Å². The molecule has 0 aliphatic rings. The van der Waals surface area contributed by atoms with Crippen molar-refractivity contribution in [2.45, 2.75) is 40.2 Å². The molecule has 0 saturated heterocycles. The molecule has 0 radical (unpaired) electrons. The Kier molecular flexibility index (Phi) is 6.73. The molecule has 0 aromatic heterocycles. The van der Waals surface area contributed by atoms with Crippen molar-refractivity contribution in [2.75, 3.05) is 13.1 Å². The molecule has 0 bridgehead atoms. The minimum absolute atomic E-state index is 0.0660. The monoisotopic (exact) mass is 276 g/mol. The Labute approximate surface area is 123 Å². The van der Waals surface area contributed by atoms with Crippen molar-refractivity contribution >= 4 is 5.91 Å². The summed E-state index contributed by atoms with van der Waals surface area (Å²) in [5.74, 6) is 0.986. The van der Waals surface area contributed by atoms with Gasteiger partial charge in [0.2, 0.25) is 5.91 Å². The molecule has 1 atom stereocenters. The normalized spacial score (nSPS) is 12.8. The Morgan fingerprint density at radius 2 is 1.55 bits per heavy atom. The van der Waals surface area contributed by atoms with Crippen LogP contribution in [0.3, 0.4) is 0 Å². The Hall–Kier alpha value is -1.35. The predicted octanol–water partition coefficient (Wildman–Crippen LogP) is 2.70. The Bertz CT molecular complexity index is 391. The average molecular weight is 276 g/mol. The highest BCUT2D eigenvalue weighted by molar-refractivity contribution is 5.82. The van der Waals surface area contributed by atoms with E-state index in [1.165, 1.54) is 0 Å². The highest BCUT2D eigenvalue weighted by Gasteiger charge is 2.22. The molecule has 2 N–H and O–H groups in total. The van der Waals surface area contributed by atoms with E-state index in [2.05, 4.69) is 27.7 Å². The van der Waals surface area contributed by atoms with Crippen LogP contribution in [0.25, 0.3) is 0 Å². The lowest BCUT2D eigenvalue weighted by molar-refractivity contribution is -0.133. The summed E-state index contributed by atoms with van der Waals surface area (Å²) in [6.45, 7) is 10.1. The van der Waals surface area contributed by atoms with Gasteiger partial charge in [-0.2, -0.15) is 0 Å². The van der Waals surface area contributed by atoms with Gasteiger partial charge >= 0.3 is 0 Å². The van der Waals surface area contributed by atoms with Crippen molar-refractivity contribution in [3.63, 3.8) is 0 Å². The van der Waals surface area contributed by atoms with E-state index in [0.717, 1.165) is 18.7 Å². The summed E-state index contributed by atoms with van der Waals surface area (Å²) in [6, 6.07) is 9.51. The van der Waals surface area contributed by atoms with Crippen molar-refractivity contribution in [1.29, 1.82) is 0 Å². The van der Waals surface area contributed by atoms with Crippen LogP contribution in [-0.2, 0) is 11.2 Å². The van der Waals surface area contributed by atoms with Gasteiger partial charge in [0.25, 0.3) is 0 Å². The first-order valence-electron chi connectivity index (χ1n) is 7.48. The molecule has 112 valence electrons. The molecule has 0 aliphatic heterocycles. The van der Waals surface area contributed by atoms with Gasteiger partial charge in [0, 0.05) is 13.1 Å². The maximum absolute atomic E-state index is 12.5. The molecule has 0 unspecified atom stereocenters. The van der Waals surface area contributed by atoms with Crippen LogP contribution in [0, 0.1) is 11.8 Å². The lowest BCUT2D eigenvalue weighted by atomic mass is 10.0. The number of hydrogen-bond acceptors (Lipinski definition) is 2. The van der Waals surface area contributed by atoms with Gasteiger partial charge in [0.05, 0.1) is 6.04 Å². The van der Waals surface area contributed by atoms with Crippen LogP contribution in [0.4, 0.5) is 0 Å². The highest BCUT2D eigenvalue weighted by atomic mass is 16.2. The van der Waals surface area contributed by atoms with E-state index in [-0.39, 0.29) is 5.91 Å². The zero-order valence-electron chi connectivity index (χ0n) is 13.2. The van der Waals surface area contributed by atoms with Crippen LogP contribution < -0.4 is 5.73 Å². The zero-order valence-corrected chi connectivity index (χ0v) is 13.2. The fraction of sp³-hybridized carbons (Fsp3) is 0.588. The highest BCUT2D eigenvalue weighted by Crippen LogP contribution is 2.09. The molecule has 1 aromatic carbocycles. The third-order valence-electron chi connectivity index (χ3n) is 3.10. The van der Waals surface area contributed by atoms with E-state index in [4.69, 9.17) is 5.73 Å². The van der Waals surface area contributed by atoms with Crippen molar-refractivity contribution in [3.05, 3.63) is 35.9 Å². The van der Waals surface area contributed by atoms with Gasteiger partial charge in [-0.25, -0.2) is 0 Å². The van der Waals surface area contributed by atoms with E-state index in [9.17, 15) is 4.79 Å². The quantitative estimate of drug-likeness (QED) is 0.832. The Morgan fingerprint density at radius 1 is 1.05 bits per heavy atom. The molecular formula is C17H28N2O. The number of carbonyl (C=O) groups is 1. The lowest BCUT2D eigenvalue weighted by Crippen LogP contribution is -2.47. The first kappa shape index (κ1) is 16.7. The zero-order chi connectivity index (χ0) is 15.1. The predicted molar refractivity (Wildman–Crippen MR) is 84.4 cm³/mol. The summed E-state index contributed by atoms with van der Waals surface area (Å²) in [7, 11) is 0. The molecule has 1 rings (SSSR count). The van der Waals surface area contributed by atoms with Crippen LogP contribution in [-0.4, -0.2) is 29.9 Å². The number of hydrogen-bond donors (Lipinski definition) is 1. The standard InChI is InChI=1S/C17H28N2O/c1-13(2)11-19(12-14(3)4)17(20)16(18)10-15-8-6-5-7-9-15/h5-9,13-14,16H,10-12,18H2,1-4H3/t16-/m0/s1. The molecule has 0 spiro atoms. The summed E-state index contributed by atoms with van der Waals surface area (Å²) >= 11 is 0. The van der Waals surface area contributed by atoms with Gasteiger partial charge < -0.3 is 10.6 Å². The third-order valence-corrected chi connectivity index (χ3v) is 3.10. The molecule has 1 aromatic rings. The minimum Gasteiger partial charge on any atom is -0.341 e. The van der Waals surface area contributed by atoms with E-state index < -0.39 is 6.04 Å². The van der Waals surface area contributed by atoms with Gasteiger partial charge in [-0.3, -0.25) is 4.79 Å². The maximum Gasteiger partial charge on any atom is 0.239 e. The summed E-state index contributed by atoms with van der Waals surface area (Å²) in [5.41, 5.74) is 7.22. The second-order valence-electron chi connectivity index (χ2n) is 6.33. The number of rotatable bonds is 7. The second-order valence-corrected chi connectivity index (χ2v) is 6.33. The van der Waals surface area contributed by atoms with Crippen molar-refractivity contribution < 1.29 is 4.79 Å². The molecule has 0 heterocycles. The fourth-order valence-electron chi connectivity index (χ4n) is 2.33. The number of benzene rings is 1. The fourth-order valence-corrected chi connectivity index (χ4v) is 2.33. The van der Waals surface area contributed by atoms with Crippen LogP contribution in [0.2, 0.25) is 0 Å². The second kappa shape index (κ2) is 8.05. The molecule has 20 heavy (non-hydrogen) atoms. The molecule has 3 heteroatoms. The molecule has 0 saturated carbocycles. The van der Waals surface area contributed by atoms with Crippen LogP contribution in [0.15, 0.2) is 30.3 Å². The van der Waals surface area contributed by atoms with Gasteiger partial charge in [-0.1, -0.05) is 58.0 Å². The largest absolute Gasteiger partial charge is 0.341 e. The first-order chi connectivity index (χ1) is 9.40. The molecule has 0 aliphatic carbocycles. The van der Waals surface area contributed by atoms with Crippen molar-refractivity contribution in [1.82, 2.24) is 4.90 Å². The number of carbonyl (C=O) groups excluding carboxylic acids is 1. The van der Waals surface area contributed by atoms with Gasteiger partial charge in [-0.15, -0.1) is 0 Å². The topological polar surface area (TPSA) is 46.3 Å². The van der Waals surface area contributed by atoms with E-state index in [1.54, 1.807) is 0 Å². The van der Waals surface area contributed by atoms with Crippen LogP contribution in [0.1, 0.15) is 33.3 Å². The summed E-state index contributed by atoms with van der Waals surface area (Å²) < 4.78 is 0. The van der Waals surface area contributed by atoms with Crippen molar-refractivity contribution in [3.8, 4) is 0 Å². The van der Waals surface area contributed by atoms with E-state index >= 15 is 0 Å². The minimum atomic E-state index is -0.449. The maximum atomic E-state index is 12.5. The molecule has 3 nitrogen and oxygen atoms in total. The molecule has 1 amide bonds. The van der Waals surface area contributed by atoms with Crippen molar-refractivity contribution in [2.24, 2.45) is 17.6 Å². The average Bonchev–Trinajstić information content (AvgIpc) is 2.37. The smallest absolute Gasteiger partial charge is 0.239 e.